The number of nitrogens with two attached hydrogens (primary N) is 1. The molecule has 0 aliphatic heterocycles. The third-order valence-electron chi connectivity index (χ3n) is 8.51. The highest BCUT2D eigenvalue weighted by Crippen LogP contribution is 2.29. The van der Waals surface area contributed by atoms with Crippen LogP contribution in [0.4, 0.5) is 9.59 Å². The number of amides is 3. The lowest BCUT2D eigenvalue weighted by Crippen LogP contribution is -2.33. The Balaban J connectivity index is 1.07. The Bertz CT molecular complexity index is 2480. The molecule has 0 aliphatic carbocycles. The standard InChI is InChI=1S/C40H48N10O13/c1-39(2,3)62-37(54)42-13-9-7-11-21(41)30-46-24(16-56-30)33-48-25(18-59-33)32-45-23(15-57-32)29(51)44-22(12-8-10-14-43-38(55)63-40(4,5)6)31-47-26(17-58-31)34-49-27(19-60-34)35-50-28(20-61-35)36(52)53/h15-22H,7-14,41H2,1-6H3,(H,42,54)(H,43,55)(H,44,51)(H,52,53). The van der Waals surface area contributed by atoms with Crippen molar-refractivity contribution < 1.29 is 60.3 Å². The summed E-state index contributed by atoms with van der Waals surface area (Å²) in [5, 5.41) is 17.4. The number of aromatic carboxylic acids is 1. The van der Waals surface area contributed by atoms with E-state index in [-0.39, 0.29) is 69.5 Å². The Labute approximate surface area is 358 Å². The monoisotopic (exact) mass is 876 g/mol. The van der Waals surface area contributed by atoms with E-state index in [1.54, 1.807) is 41.5 Å². The minimum atomic E-state index is -1.27. The van der Waals surface area contributed by atoms with Gasteiger partial charge in [0.1, 0.15) is 54.8 Å². The molecule has 6 heterocycles. The summed E-state index contributed by atoms with van der Waals surface area (Å²) in [6.45, 7) is 11.4. The van der Waals surface area contributed by atoms with Gasteiger partial charge in [0.15, 0.2) is 34.2 Å². The molecule has 0 radical (unpaired) electrons. The van der Waals surface area contributed by atoms with Crippen LogP contribution in [0.1, 0.15) is 125 Å². The zero-order valence-electron chi connectivity index (χ0n) is 35.4. The second-order valence-electron chi connectivity index (χ2n) is 16.1. The van der Waals surface area contributed by atoms with Gasteiger partial charge < -0.3 is 62.8 Å². The number of carbonyl (C=O) groups is 4. The second-order valence-corrected chi connectivity index (χ2v) is 16.1. The molecule has 0 aliphatic rings. The molecule has 0 bridgehead atoms. The number of ether oxygens (including phenoxy) is 2. The second kappa shape index (κ2) is 19.6. The first-order valence-electron chi connectivity index (χ1n) is 19.9. The molecule has 6 N–H and O–H groups in total. The predicted molar refractivity (Wildman–Crippen MR) is 215 cm³/mol. The normalized spacial score (nSPS) is 12.7. The van der Waals surface area contributed by atoms with Crippen LogP contribution in [-0.2, 0) is 9.47 Å². The van der Waals surface area contributed by atoms with Crippen molar-refractivity contribution in [1.82, 2.24) is 45.9 Å². The summed E-state index contributed by atoms with van der Waals surface area (Å²) >= 11 is 0. The van der Waals surface area contributed by atoms with Gasteiger partial charge in [0.25, 0.3) is 5.91 Å². The highest BCUT2D eigenvalue weighted by molar-refractivity contribution is 5.92. The van der Waals surface area contributed by atoms with Crippen molar-refractivity contribution in [3.63, 3.8) is 0 Å². The maximum Gasteiger partial charge on any atom is 0.407 e. The van der Waals surface area contributed by atoms with Crippen LogP contribution in [0, 0.1) is 0 Å². The van der Waals surface area contributed by atoms with E-state index in [1.807, 2.05) is 0 Å². The number of rotatable bonds is 19. The van der Waals surface area contributed by atoms with Crippen molar-refractivity contribution in [2.24, 2.45) is 5.73 Å². The summed E-state index contributed by atoms with van der Waals surface area (Å²) in [5.41, 5.74) is 5.43. The summed E-state index contributed by atoms with van der Waals surface area (Å²) in [6.07, 6.45) is 9.51. The summed E-state index contributed by atoms with van der Waals surface area (Å²) in [6, 6.07) is -1.31. The summed E-state index contributed by atoms with van der Waals surface area (Å²) in [4.78, 5) is 74.5. The molecule has 336 valence electrons. The average Bonchev–Trinajstić information content (AvgIpc) is 4.04. The molecular weight excluding hydrogens is 828 g/mol. The zero-order chi connectivity index (χ0) is 45.3. The van der Waals surface area contributed by atoms with E-state index in [2.05, 4.69) is 45.9 Å². The zero-order valence-corrected chi connectivity index (χ0v) is 35.4. The fraction of sp³-hybridized carbons (Fsp3) is 0.450. The SMILES string of the molecule is CC(C)(C)OC(=O)NCCCCC(N)c1nc(-c2nc(-c3nc(C(=O)NC(CCCCNC(=O)OC(C)(C)C)c4nc(-c5nc(-c6nc(C(=O)O)co6)co5)co4)co3)co2)co1. The Kier molecular flexibility index (Phi) is 14.1. The molecule has 2 unspecified atom stereocenters. The average molecular weight is 877 g/mol. The van der Waals surface area contributed by atoms with Gasteiger partial charge in [-0.25, -0.2) is 44.3 Å². The number of unbranched alkanes of at least 4 members (excludes halogenated alkanes) is 2. The molecule has 3 amide bonds. The van der Waals surface area contributed by atoms with Gasteiger partial charge in [-0.3, -0.25) is 4.79 Å². The molecule has 63 heavy (non-hydrogen) atoms. The number of alkyl carbamates (subject to hydrolysis) is 2. The van der Waals surface area contributed by atoms with E-state index >= 15 is 0 Å². The highest BCUT2D eigenvalue weighted by atomic mass is 16.6. The molecule has 6 aromatic heterocycles. The Morgan fingerprint density at radius 1 is 0.587 bits per heavy atom. The van der Waals surface area contributed by atoms with Gasteiger partial charge in [-0.05, 0) is 80.1 Å². The van der Waals surface area contributed by atoms with Crippen LogP contribution in [0.5, 0.6) is 0 Å². The van der Waals surface area contributed by atoms with E-state index in [0.29, 0.717) is 51.6 Å². The van der Waals surface area contributed by atoms with Crippen molar-refractivity contribution in [1.29, 1.82) is 0 Å². The van der Waals surface area contributed by atoms with E-state index in [4.69, 9.17) is 46.8 Å². The third kappa shape index (κ3) is 12.9. The summed E-state index contributed by atoms with van der Waals surface area (Å²) in [7, 11) is 0. The Morgan fingerprint density at radius 3 is 1.54 bits per heavy atom. The van der Waals surface area contributed by atoms with Gasteiger partial charge in [-0.1, -0.05) is 0 Å². The first-order chi connectivity index (χ1) is 29.9. The molecule has 0 fully saturated rings. The van der Waals surface area contributed by atoms with E-state index in [0.717, 1.165) is 12.5 Å². The molecule has 0 aromatic carbocycles. The molecule has 0 saturated heterocycles. The van der Waals surface area contributed by atoms with Gasteiger partial charge in [0, 0.05) is 13.1 Å². The fourth-order valence-electron chi connectivity index (χ4n) is 5.65. The van der Waals surface area contributed by atoms with Gasteiger partial charge in [0.05, 0.1) is 6.04 Å². The number of carboxylic acid groups (broad SMARTS) is 1. The van der Waals surface area contributed by atoms with E-state index < -0.39 is 47.3 Å². The van der Waals surface area contributed by atoms with Crippen LogP contribution in [-0.4, -0.2) is 83.4 Å². The quantitative estimate of drug-likeness (QED) is 0.0520. The van der Waals surface area contributed by atoms with Gasteiger partial charge in [0.2, 0.25) is 35.3 Å². The lowest BCUT2D eigenvalue weighted by Gasteiger charge is -2.19. The molecule has 23 nitrogen and oxygen atoms in total. The van der Waals surface area contributed by atoms with Gasteiger partial charge in [-0.2, -0.15) is 0 Å². The molecule has 0 spiro atoms. The fourth-order valence-corrected chi connectivity index (χ4v) is 5.65. The lowest BCUT2D eigenvalue weighted by molar-refractivity contribution is 0.0515. The van der Waals surface area contributed by atoms with Crippen molar-refractivity contribution >= 4 is 24.1 Å². The first kappa shape index (κ1) is 45.2. The number of hydrogen-bond acceptors (Lipinski definition) is 19. The first-order valence-corrected chi connectivity index (χ1v) is 19.9. The number of nitrogens with zero attached hydrogens (tertiary/aromatic N) is 6. The predicted octanol–water partition coefficient (Wildman–Crippen LogP) is 6.84. The van der Waals surface area contributed by atoms with E-state index in [9.17, 15) is 19.2 Å². The number of oxazole rings is 6. The van der Waals surface area contributed by atoms with Crippen molar-refractivity contribution in [3.8, 4) is 46.3 Å². The van der Waals surface area contributed by atoms with Crippen LogP contribution >= 0.6 is 0 Å². The van der Waals surface area contributed by atoms with E-state index in [1.165, 1.54) is 25.1 Å². The number of nitrogens with one attached hydrogen (secondary N) is 3. The molecule has 23 heteroatoms. The minimum Gasteiger partial charge on any atom is -0.476 e. The van der Waals surface area contributed by atoms with Crippen LogP contribution in [0.2, 0.25) is 0 Å². The highest BCUT2D eigenvalue weighted by Gasteiger charge is 2.26. The van der Waals surface area contributed by atoms with Crippen LogP contribution in [0.25, 0.3) is 46.3 Å². The number of hydrogen-bond donors (Lipinski definition) is 5. The Hall–Kier alpha value is -7.30. The third-order valence-corrected chi connectivity index (χ3v) is 8.51. The van der Waals surface area contributed by atoms with Crippen molar-refractivity contribution in [3.05, 3.63) is 60.7 Å². The number of aromatic nitrogens is 6. The lowest BCUT2D eigenvalue weighted by atomic mass is 10.1. The largest absolute Gasteiger partial charge is 0.476 e. The Morgan fingerprint density at radius 2 is 1.02 bits per heavy atom. The molecule has 6 rings (SSSR count). The molecule has 2 atom stereocenters. The van der Waals surface area contributed by atoms with Crippen LogP contribution < -0.4 is 21.7 Å². The number of carbonyl (C=O) groups excluding carboxylic acids is 3. The van der Waals surface area contributed by atoms with Crippen molar-refractivity contribution in [2.45, 2.75) is 103 Å². The van der Waals surface area contributed by atoms with Crippen LogP contribution in [0.3, 0.4) is 0 Å². The minimum absolute atomic E-state index is 0.0139. The smallest absolute Gasteiger partial charge is 0.407 e. The summed E-state index contributed by atoms with van der Waals surface area (Å²) in [5.74, 6) is -1.49. The maximum atomic E-state index is 13.6. The number of carboxylic acids is 1. The maximum absolute atomic E-state index is 13.6. The summed E-state index contributed by atoms with van der Waals surface area (Å²) < 4.78 is 43.8. The van der Waals surface area contributed by atoms with Gasteiger partial charge >= 0.3 is 18.2 Å². The molecule has 0 saturated carbocycles. The topological polar surface area (TPSA) is 325 Å². The van der Waals surface area contributed by atoms with Crippen molar-refractivity contribution in [2.75, 3.05) is 13.1 Å². The van der Waals surface area contributed by atoms with Crippen LogP contribution in [0.15, 0.2) is 64.1 Å². The van der Waals surface area contributed by atoms with Gasteiger partial charge in [-0.15, -0.1) is 0 Å². The molecular formula is C40H48N10O13. The molecule has 6 aromatic rings.